The Labute approximate surface area is 140 Å². The quantitative estimate of drug-likeness (QED) is 0.834. The van der Waals surface area contributed by atoms with Crippen LogP contribution < -0.4 is 5.32 Å². The predicted molar refractivity (Wildman–Crippen MR) is 95.3 cm³/mol. The highest BCUT2D eigenvalue weighted by Gasteiger charge is 2.31. The Hall–Kier alpha value is 0.1000. The molecule has 1 N–H and O–H groups in total. The highest BCUT2D eigenvalue weighted by Crippen LogP contribution is 2.38. The van der Waals surface area contributed by atoms with E-state index in [1.165, 1.54) is 6.07 Å². The van der Waals surface area contributed by atoms with Gasteiger partial charge in [0.2, 0.25) is 0 Å². The molecule has 4 atom stereocenters. The molecule has 0 radical (unpaired) electrons. The van der Waals surface area contributed by atoms with Gasteiger partial charge in [0.25, 0.3) is 0 Å². The lowest BCUT2D eigenvalue weighted by molar-refractivity contribution is 0.518. The molecule has 1 fully saturated rings. The van der Waals surface area contributed by atoms with Crippen LogP contribution in [-0.4, -0.2) is 34.1 Å². The van der Waals surface area contributed by atoms with Gasteiger partial charge in [-0.05, 0) is 36.7 Å². The van der Waals surface area contributed by atoms with Gasteiger partial charge in [0.15, 0.2) is 0 Å². The molecule has 0 amide bonds. The third kappa shape index (κ3) is 4.78. The van der Waals surface area contributed by atoms with Gasteiger partial charge in [-0.2, -0.15) is 23.5 Å². The molecule has 0 bridgehead atoms. The summed E-state index contributed by atoms with van der Waals surface area (Å²) in [5, 5.41) is 6.12. The number of benzene rings is 1. The number of hydrogen-bond acceptors (Lipinski definition) is 3. The van der Waals surface area contributed by atoms with E-state index in [9.17, 15) is 4.39 Å². The van der Waals surface area contributed by atoms with Crippen LogP contribution in [0.25, 0.3) is 0 Å². The summed E-state index contributed by atoms with van der Waals surface area (Å²) < 4.78 is 13.5. The van der Waals surface area contributed by atoms with Gasteiger partial charge in [-0.3, -0.25) is 0 Å². The Morgan fingerprint density at radius 2 is 2.14 bits per heavy atom. The fourth-order valence-corrected chi connectivity index (χ4v) is 5.88. The Morgan fingerprint density at radius 3 is 2.81 bits per heavy atom. The topological polar surface area (TPSA) is 12.0 Å². The molecule has 4 unspecified atom stereocenters. The van der Waals surface area contributed by atoms with Crippen LogP contribution in [0, 0.1) is 5.82 Å². The molecule has 118 valence electrons. The largest absolute Gasteiger partial charge is 0.313 e. The number of hydrogen-bond donors (Lipinski definition) is 1. The summed E-state index contributed by atoms with van der Waals surface area (Å²) in [7, 11) is 0. The van der Waals surface area contributed by atoms with E-state index in [0.29, 0.717) is 26.8 Å². The van der Waals surface area contributed by atoms with E-state index in [-0.39, 0.29) is 5.82 Å². The van der Waals surface area contributed by atoms with E-state index in [1.807, 2.05) is 11.8 Å². The summed E-state index contributed by atoms with van der Waals surface area (Å²) in [5.74, 6) is 0.929. The van der Waals surface area contributed by atoms with Gasteiger partial charge in [0.1, 0.15) is 5.82 Å². The summed E-state index contributed by atoms with van der Waals surface area (Å²) in [5.41, 5.74) is 0.902. The molecule has 1 aliphatic rings. The Balaban J connectivity index is 2.10. The molecule has 0 saturated carbocycles. The first-order valence-corrected chi connectivity index (χ1v) is 9.82. The Bertz CT molecular complexity index is 472. The van der Waals surface area contributed by atoms with Crippen LogP contribution in [0.3, 0.4) is 0 Å². The second-order valence-corrected chi connectivity index (χ2v) is 8.96. The van der Waals surface area contributed by atoms with Gasteiger partial charge in [0.05, 0.1) is 0 Å². The smallest absolute Gasteiger partial charge is 0.123 e. The maximum absolute atomic E-state index is 13.5. The minimum atomic E-state index is -0.211. The monoisotopic (exact) mass is 347 g/mol. The predicted octanol–water partition coefficient (Wildman–Crippen LogP) is 4.63. The molecule has 0 aromatic heterocycles. The standard InChI is InChI=1S/C16H23ClFNS2/c1-4-19-15(16-9-20-10(2)11(3)21-16)8-12-7-13(18)5-6-14(12)17/h5-7,10-11,15-16,19H,4,8-9H2,1-3H3. The molecule has 0 spiro atoms. The van der Waals surface area contributed by atoms with Gasteiger partial charge in [-0.15, -0.1) is 0 Å². The first-order chi connectivity index (χ1) is 10.0. The molecule has 1 nitrogen and oxygen atoms in total. The third-order valence-corrected chi connectivity index (χ3v) is 7.86. The molecule has 0 aliphatic carbocycles. The second-order valence-electron chi connectivity index (χ2n) is 5.52. The first-order valence-electron chi connectivity index (χ1n) is 7.45. The van der Waals surface area contributed by atoms with Crippen LogP contribution in [-0.2, 0) is 6.42 Å². The van der Waals surface area contributed by atoms with Crippen molar-refractivity contribution in [2.45, 2.75) is 49.0 Å². The molecule has 21 heavy (non-hydrogen) atoms. The van der Waals surface area contributed by atoms with Crippen molar-refractivity contribution in [3.8, 4) is 0 Å². The maximum Gasteiger partial charge on any atom is 0.123 e. The molecule has 1 aromatic rings. The summed E-state index contributed by atoms with van der Waals surface area (Å²) in [6, 6.07) is 4.98. The summed E-state index contributed by atoms with van der Waals surface area (Å²) in [6.07, 6.45) is 0.782. The van der Waals surface area contributed by atoms with Crippen LogP contribution >= 0.6 is 35.1 Å². The van der Waals surface area contributed by atoms with Crippen LogP contribution in [0.15, 0.2) is 18.2 Å². The third-order valence-electron chi connectivity index (χ3n) is 3.94. The Kier molecular flexibility index (Phi) is 6.73. The maximum atomic E-state index is 13.5. The van der Waals surface area contributed by atoms with Crippen molar-refractivity contribution < 1.29 is 4.39 Å². The van der Waals surface area contributed by atoms with Gasteiger partial charge in [0, 0.05) is 32.6 Å². The minimum Gasteiger partial charge on any atom is -0.313 e. The molecular weight excluding hydrogens is 325 g/mol. The van der Waals surface area contributed by atoms with Crippen LogP contribution in [0.5, 0.6) is 0 Å². The molecule has 1 saturated heterocycles. The van der Waals surface area contributed by atoms with E-state index in [1.54, 1.807) is 12.1 Å². The van der Waals surface area contributed by atoms with Gasteiger partial charge in [-0.1, -0.05) is 32.4 Å². The van der Waals surface area contributed by atoms with Crippen LogP contribution in [0.4, 0.5) is 4.39 Å². The molecule has 5 heteroatoms. The number of thioether (sulfide) groups is 2. The summed E-state index contributed by atoms with van der Waals surface area (Å²) >= 11 is 10.3. The number of halogens is 2. The van der Waals surface area contributed by atoms with Crippen molar-refractivity contribution in [1.29, 1.82) is 0 Å². The van der Waals surface area contributed by atoms with Crippen molar-refractivity contribution in [1.82, 2.24) is 5.32 Å². The molecule has 2 rings (SSSR count). The zero-order valence-electron chi connectivity index (χ0n) is 12.7. The average molecular weight is 348 g/mol. The van der Waals surface area contributed by atoms with E-state index in [0.717, 1.165) is 24.3 Å². The first kappa shape index (κ1) is 17.5. The number of rotatable bonds is 5. The van der Waals surface area contributed by atoms with Crippen molar-refractivity contribution in [3.05, 3.63) is 34.6 Å². The summed E-state index contributed by atoms with van der Waals surface area (Å²) in [4.78, 5) is 0. The second kappa shape index (κ2) is 8.09. The zero-order chi connectivity index (χ0) is 15.4. The molecule has 1 heterocycles. The fraction of sp³-hybridized carbons (Fsp3) is 0.625. The lowest BCUT2D eigenvalue weighted by atomic mass is 10.0. The molecule has 1 aliphatic heterocycles. The van der Waals surface area contributed by atoms with Crippen molar-refractivity contribution in [2.75, 3.05) is 12.3 Å². The van der Waals surface area contributed by atoms with Crippen molar-refractivity contribution in [2.24, 2.45) is 0 Å². The average Bonchev–Trinajstić information content (AvgIpc) is 2.45. The highest BCUT2D eigenvalue weighted by molar-refractivity contribution is 8.07. The number of likely N-dealkylation sites (N-methyl/N-ethyl adjacent to an activating group) is 1. The van der Waals surface area contributed by atoms with E-state index in [2.05, 4.69) is 37.8 Å². The van der Waals surface area contributed by atoms with Crippen LogP contribution in [0.2, 0.25) is 5.02 Å². The van der Waals surface area contributed by atoms with E-state index in [4.69, 9.17) is 11.6 Å². The molecular formula is C16H23ClFNS2. The van der Waals surface area contributed by atoms with Gasteiger partial charge < -0.3 is 5.32 Å². The molecule has 1 aromatic carbocycles. The fourth-order valence-electron chi connectivity index (χ4n) is 2.55. The lowest BCUT2D eigenvalue weighted by Gasteiger charge is -2.36. The van der Waals surface area contributed by atoms with Crippen LogP contribution in [0.1, 0.15) is 26.3 Å². The van der Waals surface area contributed by atoms with Crippen molar-refractivity contribution >= 4 is 35.1 Å². The number of nitrogens with one attached hydrogen (secondary N) is 1. The normalized spacial score (nSPS) is 27.6. The Morgan fingerprint density at radius 1 is 1.38 bits per heavy atom. The van der Waals surface area contributed by atoms with Crippen molar-refractivity contribution in [3.63, 3.8) is 0 Å². The zero-order valence-corrected chi connectivity index (χ0v) is 15.1. The van der Waals surface area contributed by atoms with E-state index < -0.39 is 0 Å². The highest BCUT2D eigenvalue weighted by atomic mass is 35.5. The minimum absolute atomic E-state index is 0.211. The van der Waals surface area contributed by atoms with E-state index >= 15 is 0 Å². The SMILES string of the molecule is CCNC(Cc1cc(F)ccc1Cl)C1CSC(C)C(C)S1. The lowest BCUT2D eigenvalue weighted by Crippen LogP contribution is -2.44. The summed E-state index contributed by atoms with van der Waals surface area (Å²) in [6.45, 7) is 7.63. The van der Waals surface area contributed by atoms with Gasteiger partial charge in [-0.25, -0.2) is 4.39 Å². The van der Waals surface area contributed by atoms with Gasteiger partial charge >= 0.3 is 0 Å².